The van der Waals surface area contributed by atoms with Crippen molar-refractivity contribution in [3.8, 4) is 44.9 Å². The van der Waals surface area contributed by atoms with Gasteiger partial charge in [0.05, 0.1) is 0 Å². The maximum Gasteiger partial charge on any atom is 0.139 e. The summed E-state index contributed by atoms with van der Waals surface area (Å²) in [4.78, 5) is 0. The van der Waals surface area contributed by atoms with Crippen LogP contribution in [0.3, 0.4) is 0 Å². The van der Waals surface area contributed by atoms with Gasteiger partial charge in [-0.15, -0.1) is 11.3 Å². The van der Waals surface area contributed by atoms with Crippen molar-refractivity contribution in [2.45, 2.75) is 46.8 Å². The molecule has 0 radical (unpaired) electrons. The SMILES string of the molecule is [2H]C([2H])([2H])c1c(-c2ccc(C)c(-c3cccc4c3sc3ccccc34)c2C)ccc(C)c1-c1cccc2c1Oc1ccccc1C2(C)C([2H])([2H])[2H]. The van der Waals surface area contributed by atoms with Gasteiger partial charge in [0, 0.05) is 56.1 Å². The molecule has 0 spiro atoms. The van der Waals surface area contributed by atoms with Gasteiger partial charge in [-0.25, -0.2) is 0 Å². The summed E-state index contributed by atoms with van der Waals surface area (Å²) in [5.41, 5.74) is 7.54. The fourth-order valence-corrected chi connectivity index (χ4v) is 8.46. The first kappa shape index (κ1) is 21.9. The molecule has 0 aliphatic carbocycles. The van der Waals surface area contributed by atoms with Crippen LogP contribution in [0, 0.1) is 27.6 Å². The molecule has 1 unspecified atom stereocenters. The molecular weight excluding hydrogens is 565 g/mol. The smallest absolute Gasteiger partial charge is 0.139 e. The van der Waals surface area contributed by atoms with Gasteiger partial charge in [-0.05, 0) is 84.3 Å². The predicted molar refractivity (Wildman–Crippen MR) is 193 cm³/mol. The summed E-state index contributed by atoms with van der Waals surface area (Å²) in [5.74, 6) is 0.827. The van der Waals surface area contributed by atoms with E-state index in [1.54, 1.807) is 36.5 Å². The van der Waals surface area contributed by atoms with Crippen LogP contribution < -0.4 is 4.74 Å². The lowest BCUT2D eigenvalue weighted by Gasteiger charge is -2.35. The number of ether oxygens (including phenoxy) is 1. The lowest BCUT2D eigenvalue weighted by Crippen LogP contribution is -2.24. The van der Waals surface area contributed by atoms with E-state index in [1.165, 1.54) is 20.2 Å². The second-order valence-corrected chi connectivity index (χ2v) is 13.3. The fraction of sp³-hybridized carbons (Fsp3) is 0.163. The number of hydrogen-bond acceptors (Lipinski definition) is 2. The predicted octanol–water partition coefficient (Wildman–Crippen LogP) is 12.7. The second kappa shape index (κ2) is 10.2. The van der Waals surface area contributed by atoms with Crippen LogP contribution in [-0.4, -0.2) is 0 Å². The number of aryl methyl sites for hydroxylation is 2. The molecule has 0 amide bonds. The van der Waals surface area contributed by atoms with E-state index in [1.807, 2.05) is 49.4 Å². The van der Waals surface area contributed by atoms with Gasteiger partial charge >= 0.3 is 0 Å². The molecule has 1 nitrogen and oxygen atoms in total. The molecule has 2 heterocycles. The topological polar surface area (TPSA) is 9.23 Å². The van der Waals surface area contributed by atoms with Crippen molar-refractivity contribution in [2.75, 3.05) is 0 Å². The summed E-state index contributed by atoms with van der Waals surface area (Å²) in [6, 6.07) is 35.6. The highest BCUT2D eigenvalue weighted by Gasteiger charge is 2.35. The van der Waals surface area contributed by atoms with E-state index < -0.39 is 19.1 Å². The zero-order valence-electron chi connectivity index (χ0n) is 31.7. The monoisotopic (exact) mass is 606 g/mol. The van der Waals surface area contributed by atoms with E-state index in [0.29, 0.717) is 39.3 Å². The Hall–Kier alpha value is -4.66. The first-order valence-electron chi connectivity index (χ1n) is 18.3. The largest absolute Gasteiger partial charge is 0.456 e. The summed E-state index contributed by atoms with van der Waals surface area (Å²) in [5, 5.41) is 2.43. The zero-order chi connectivity index (χ0) is 36.0. The molecule has 0 fully saturated rings. The molecule has 0 bridgehead atoms. The van der Waals surface area contributed by atoms with Crippen LogP contribution in [0.4, 0.5) is 0 Å². The Morgan fingerprint density at radius 2 is 1.24 bits per heavy atom. The van der Waals surface area contributed by atoms with E-state index in [2.05, 4.69) is 62.4 Å². The van der Waals surface area contributed by atoms with Crippen molar-refractivity contribution in [1.29, 1.82) is 0 Å². The van der Waals surface area contributed by atoms with Gasteiger partial charge in [0.1, 0.15) is 11.5 Å². The Kier molecular flexibility index (Phi) is 4.97. The van der Waals surface area contributed by atoms with Gasteiger partial charge < -0.3 is 4.74 Å². The lowest BCUT2D eigenvalue weighted by molar-refractivity contribution is 0.419. The highest BCUT2D eigenvalue weighted by Crippen LogP contribution is 2.52. The minimum atomic E-state index is -2.51. The number of hydrogen-bond donors (Lipinski definition) is 0. The first-order valence-corrected chi connectivity index (χ1v) is 16.1. The molecule has 0 saturated heterocycles. The second-order valence-electron chi connectivity index (χ2n) is 12.3. The third kappa shape index (κ3) is 4.12. The van der Waals surface area contributed by atoms with Crippen molar-refractivity contribution in [2.24, 2.45) is 0 Å². The van der Waals surface area contributed by atoms with Crippen molar-refractivity contribution in [3.63, 3.8) is 0 Å². The van der Waals surface area contributed by atoms with Crippen LogP contribution in [0.15, 0.2) is 109 Å². The van der Waals surface area contributed by atoms with Crippen LogP contribution in [0.2, 0.25) is 0 Å². The average Bonchev–Trinajstić information content (AvgIpc) is 3.47. The molecule has 45 heavy (non-hydrogen) atoms. The van der Waals surface area contributed by atoms with Gasteiger partial charge in [-0.1, -0.05) is 111 Å². The molecule has 1 aromatic heterocycles. The molecule has 0 N–H and O–H groups in total. The highest BCUT2D eigenvalue weighted by atomic mass is 32.1. The molecule has 7 aromatic rings. The summed E-state index contributed by atoms with van der Waals surface area (Å²) in [6.07, 6.45) is 0. The minimum Gasteiger partial charge on any atom is -0.456 e. The van der Waals surface area contributed by atoms with Crippen LogP contribution in [0.25, 0.3) is 53.6 Å². The molecule has 8 rings (SSSR count). The zero-order valence-corrected chi connectivity index (χ0v) is 26.5. The van der Waals surface area contributed by atoms with Crippen LogP contribution in [-0.2, 0) is 5.41 Å². The van der Waals surface area contributed by atoms with Gasteiger partial charge in [0.15, 0.2) is 0 Å². The van der Waals surface area contributed by atoms with Crippen molar-refractivity contribution >= 4 is 31.5 Å². The minimum absolute atomic E-state index is 0.215. The number of para-hydroxylation sites is 2. The molecule has 2 heteroatoms. The van der Waals surface area contributed by atoms with Crippen molar-refractivity contribution < 1.29 is 13.0 Å². The maximum absolute atomic E-state index is 8.99. The number of fused-ring (bicyclic) bond motifs is 5. The van der Waals surface area contributed by atoms with Crippen molar-refractivity contribution in [1.82, 2.24) is 0 Å². The lowest BCUT2D eigenvalue weighted by atomic mass is 9.74. The maximum atomic E-state index is 8.99. The molecular formula is C43H36OS. The molecule has 220 valence electrons. The van der Waals surface area contributed by atoms with E-state index in [-0.39, 0.29) is 5.56 Å². The fourth-order valence-electron chi connectivity index (χ4n) is 7.24. The first-order chi connectivity index (χ1) is 24.2. The molecule has 1 aliphatic heterocycles. The van der Waals surface area contributed by atoms with Crippen LogP contribution in [0.5, 0.6) is 11.5 Å². The van der Waals surface area contributed by atoms with E-state index in [9.17, 15) is 0 Å². The third-order valence-corrected chi connectivity index (χ3v) is 10.7. The summed E-state index contributed by atoms with van der Waals surface area (Å²) >= 11 is 1.78. The van der Waals surface area contributed by atoms with E-state index in [0.717, 1.165) is 33.4 Å². The molecule has 1 aliphatic rings. The third-order valence-electron chi connectivity index (χ3n) is 9.51. The Labute approximate surface area is 278 Å². The normalized spacial score (nSPS) is 18.1. The van der Waals surface area contributed by atoms with Crippen LogP contribution in [0.1, 0.15) is 55.4 Å². The Balaban J connectivity index is 1.39. The number of benzene rings is 6. The quantitative estimate of drug-likeness (QED) is 0.194. The van der Waals surface area contributed by atoms with E-state index in [4.69, 9.17) is 13.0 Å². The van der Waals surface area contributed by atoms with Gasteiger partial charge in [-0.3, -0.25) is 0 Å². The Morgan fingerprint density at radius 3 is 2.04 bits per heavy atom. The van der Waals surface area contributed by atoms with Gasteiger partial charge in [-0.2, -0.15) is 0 Å². The summed E-state index contributed by atoms with van der Waals surface area (Å²) in [6.45, 7) is 2.91. The summed E-state index contributed by atoms with van der Waals surface area (Å²) in [7, 11) is 0. The summed E-state index contributed by atoms with van der Waals surface area (Å²) < 4.78 is 62.0. The van der Waals surface area contributed by atoms with E-state index >= 15 is 0 Å². The Bertz CT molecular complexity index is 2540. The molecule has 0 saturated carbocycles. The molecule has 1 atom stereocenters. The average molecular weight is 607 g/mol. The number of thiophene rings is 1. The van der Waals surface area contributed by atoms with Crippen molar-refractivity contribution in [3.05, 3.63) is 143 Å². The van der Waals surface area contributed by atoms with Gasteiger partial charge in [0.2, 0.25) is 0 Å². The highest BCUT2D eigenvalue weighted by molar-refractivity contribution is 7.26. The van der Waals surface area contributed by atoms with Gasteiger partial charge in [0.25, 0.3) is 0 Å². The van der Waals surface area contributed by atoms with Crippen LogP contribution >= 0.6 is 11.3 Å². The number of rotatable bonds is 3. The Morgan fingerprint density at radius 1 is 0.600 bits per heavy atom. The standard InChI is InChI=1S/C43H36OS/c1-25-21-23-29(27(3)39(25)33-15-12-18-36-41(33)44-37-19-9-8-17-35(37)43(36,5)6)30-24-22-26(2)40(28(30)4)34-16-11-14-32-31-13-7-10-20-38(31)45-42(32)34/h7-24H,1-6H3/i3D3,5D3. The molecule has 6 aromatic carbocycles.